The first-order chi connectivity index (χ1) is 9.67. The highest BCUT2D eigenvalue weighted by atomic mass is 15.1. The summed E-state index contributed by atoms with van der Waals surface area (Å²) >= 11 is 0. The van der Waals surface area contributed by atoms with Crippen molar-refractivity contribution < 1.29 is 0 Å². The van der Waals surface area contributed by atoms with Gasteiger partial charge in [-0.3, -0.25) is 0 Å². The van der Waals surface area contributed by atoms with Gasteiger partial charge in [0.1, 0.15) is 17.3 Å². The third-order valence-corrected chi connectivity index (χ3v) is 3.62. The average molecular weight is 271 g/mol. The molecule has 1 aromatic carbocycles. The second-order valence-electron chi connectivity index (χ2n) is 5.38. The number of nitrogen functional groups attached to an aromatic ring is 1. The molecule has 0 aliphatic heterocycles. The molecule has 0 atom stereocenters. The monoisotopic (exact) mass is 271 g/mol. The van der Waals surface area contributed by atoms with Crippen LogP contribution in [0.4, 0.5) is 5.82 Å². The van der Waals surface area contributed by atoms with E-state index < -0.39 is 0 Å². The fourth-order valence-electron chi connectivity index (χ4n) is 2.42. The molecule has 1 heterocycles. The largest absolute Gasteiger partial charge is 0.383 e. The number of hydrogen-bond donors (Lipinski definition) is 1. The van der Waals surface area contributed by atoms with E-state index >= 15 is 0 Å². The molecule has 0 saturated heterocycles. The lowest BCUT2D eigenvalue weighted by molar-refractivity contribution is 0.604. The Hall–Kier alpha value is -1.77. The van der Waals surface area contributed by atoms with Crippen LogP contribution in [0.25, 0.3) is 11.3 Å². The highest BCUT2D eigenvalue weighted by Crippen LogP contribution is 2.27. The summed E-state index contributed by atoms with van der Waals surface area (Å²) in [5.74, 6) is 1.93. The second kappa shape index (κ2) is 6.60. The molecular formula is C17H25N3. The molecule has 0 bridgehead atoms. The molecule has 3 nitrogen and oxygen atoms in total. The predicted octanol–water partition coefficient (Wildman–Crippen LogP) is 4.19. The summed E-state index contributed by atoms with van der Waals surface area (Å²) < 4.78 is 2.20. The summed E-state index contributed by atoms with van der Waals surface area (Å²) in [7, 11) is 0. The van der Waals surface area contributed by atoms with Crippen LogP contribution in [0.15, 0.2) is 24.3 Å². The van der Waals surface area contributed by atoms with Crippen LogP contribution in [-0.4, -0.2) is 9.55 Å². The molecule has 0 saturated carbocycles. The van der Waals surface area contributed by atoms with E-state index in [-0.39, 0.29) is 0 Å². The number of aromatic nitrogens is 2. The van der Waals surface area contributed by atoms with Gasteiger partial charge < -0.3 is 10.3 Å². The molecule has 20 heavy (non-hydrogen) atoms. The topological polar surface area (TPSA) is 43.8 Å². The molecule has 2 aromatic rings. The summed E-state index contributed by atoms with van der Waals surface area (Å²) in [6.07, 6.45) is 4.39. The quantitative estimate of drug-likeness (QED) is 0.856. The molecule has 0 aliphatic carbocycles. The van der Waals surface area contributed by atoms with Crippen molar-refractivity contribution >= 4 is 5.82 Å². The van der Waals surface area contributed by atoms with Crippen molar-refractivity contribution in [2.24, 2.45) is 0 Å². The zero-order valence-corrected chi connectivity index (χ0v) is 12.8. The molecule has 2 rings (SSSR count). The molecule has 0 spiro atoms. The van der Waals surface area contributed by atoms with E-state index in [0.29, 0.717) is 0 Å². The molecule has 108 valence electrons. The van der Waals surface area contributed by atoms with Crippen LogP contribution in [-0.2, 0) is 13.0 Å². The van der Waals surface area contributed by atoms with E-state index in [2.05, 4.69) is 49.6 Å². The van der Waals surface area contributed by atoms with Crippen molar-refractivity contribution in [1.29, 1.82) is 0 Å². The zero-order valence-electron chi connectivity index (χ0n) is 12.8. The predicted molar refractivity (Wildman–Crippen MR) is 85.7 cm³/mol. The van der Waals surface area contributed by atoms with Crippen LogP contribution < -0.4 is 5.73 Å². The molecule has 0 fully saturated rings. The summed E-state index contributed by atoms with van der Waals surface area (Å²) in [5, 5.41) is 0. The van der Waals surface area contributed by atoms with Gasteiger partial charge in [0.2, 0.25) is 0 Å². The standard InChI is InChI=1S/C17H25N3/c1-4-6-12-20-15(7-5-2)19-16(17(20)18)14-10-8-13(3)9-11-14/h8-11H,4-7,12,18H2,1-3H3. The first kappa shape index (κ1) is 14.6. The van der Waals surface area contributed by atoms with Gasteiger partial charge in [-0.05, 0) is 19.8 Å². The van der Waals surface area contributed by atoms with Crippen LogP contribution in [0.1, 0.15) is 44.5 Å². The first-order valence-electron chi connectivity index (χ1n) is 7.59. The fraction of sp³-hybridized carbons (Fsp3) is 0.471. The number of rotatable bonds is 6. The van der Waals surface area contributed by atoms with Crippen LogP contribution >= 0.6 is 0 Å². The number of imidazole rings is 1. The maximum absolute atomic E-state index is 6.35. The maximum atomic E-state index is 6.35. The number of nitrogens with two attached hydrogens (primary N) is 1. The molecule has 0 amide bonds. The fourth-order valence-corrected chi connectivity index (χ4v) is 2.42. The average Bonchev–Trinajstić information content (AvgIpc) is 2.75. The van der Waals surface area contributed by atoms with E-state index in [0.717, 1.165) is 48.7 Å². The Morgan fingerprint density at radius 1 is 1.10 bits per heavy atom. The third kappa shape index (κ3) is 3.03. The van der Waals surface area contributed by atoms with Crippen molar-refractivity contribution in [2.75, 3.05) is 5.73 Å². The second-order valence-corrected chi connectivity index (χ2v) is 5.38. The van der Waals surface area contributed by atoms with Crippen LogP contribution in [0, 0.1) is 6.92 Å². The Balaban J connectivity index is 2.40. The van der Waals surface area contributed by atoms with Crippen molar-refractivity contribution in [3.05, 3.63) is 35.7 Å². The van der Waals surface area contributed by atoms with Crippen molar-refractivity contribution in [2.45, 2.75) is 53.0 Å². The number of nitrogens with zero attached hydrogens (tertiary/aromatic N) is 2. The summed E-state index contributed by atoms with van der Waals surface area (Å²) in [6.45, 7) is 7.44. The Labute approximate surface area is 121 Å². The van der Waals surface area contributed by atoms with Gasteiger partial charge in [-0.25, -0.2) is 4.98 Å². The minimum absolute atomic E-state index is 0.811. The summed E-state index contributed by atoms with van der Waals surface area (Å²) in [6, 6.07) is 8.43. The first-order valence-corrected chi connectivity index (χ1v) is 7.59. The lowest BCUT2D eigenvalue weighted by atomic mass is 10.1. The van der Waals surface area contributed by atoms with Crippen LogP contribution in [0.3, 0.4) is 0 Å². The third-order valence-electron chi connectivity index (χ3n) is 3.62. The van der Waals surface area contributed by atoms with Crippen molar-refractivity contribution in [1.82, 2.24) is 9.55 Å². The Bertz CT molecular complexity index is 552. The van der Waals surface area contributed by atoms with Gasteiger partial charge in [-0.15, -0.1) is 0 Å². The molecular weight excluding hydrogens is 246 g/mol. The highest BCUT2D eigenvalue weighted by molar-refractivity contribution is 5.71. The minimum atomic E-state index is 0.811. The molecule has 0 unspecified atom stereocenters. The van der Waals surface area contributed by atoms with Gasteiger partial charge in [0.25, 0.3) is 0 Å². The molecule has 1 aromatic heterocycles. The Morgan fingerprint density at radius 2 is 1.80 bits per heavy atom. The van der Waals surface area contributed by atoms with E-state index in [4.69, 9.17) is 10.7 Å². The minimum Gasteiger partial charge on any atom is -0.383 e. The number of unbranched alkanes of at least 4 members (excludes halogenated alkanes) is 1. The number of anilines is 1. The summed E-state index contributed by atoms with van der Waals surface area (Å²) in [4.78, 5) is 4.79. The van der Waals surface area contributed by atoms with Gasteiger partial charge >= 0.3 is 0 Å². The maximum Gasteiger partial charge on any atom is 0.131 e. The normalized spacial score (nSPS) is 10.9. The lowest BCUT2D eigenvalue weighted by Gasteiger charge is -2.08. The molecule has 2 N–H and O–H groups in total. The molecule has 0 aliphatic rings. The zero-order chi connectivity index (χ0) is 14.5. The van der Waals surface area contributed by atoms with E-state index in [1.54, 1.807) is 0 Å². The highest BCUT2D eigenvalue weighted by Gasteiger charge is 2.15. The van der Waals surface area contributed by atoms with Crippen LogP contribution in [0.2, 0.25) is 0 Å². The summed E-state index contributed by atoms with van der Waals surface area (Å²) in [5.41, 5.74) is 9.65. The number of benzene rings is 1. The van der Waals surface area contributed by atoms with Crippen molar-refractivity contribution in [3.63, 3.8) is 0 Å². The van der Waals surface area contributed by atoms with E-state index in [9.17, 15) is 0 Å². The van der Waals surface area contributed by atoms with Crippen LogP contribution in [0.5, 0.6) is 0 Å². The lowest BCUT2D eigenvalue weighted by Crippen LogP contribution is -2.07. The van der Waals surface area contributed by atoms with Gasteiger partial charge in [0.05, 0.1) is 0 Å². The van der Waals surface area contributed by atoms with E-state index in [1.807, 2.05) is 0 Å². The van der Waals surface area contributed by atoms with E-state index in [1.165, 1.54) is 12.0 Å². The smallest absolute Gasteiger partial charge is 0.131 e. The molecule has 0 radical (unpaired) electrons. The van der Waals surface area contributed by atoms with Gasteiger partial charge in [-0.1, -0.05) is 50.1 Å². The molecule has 3 heteroatoms. The van der Waals surface area contributed by atoms with Crippen molar-refractivity contribution in [3.8, 4) is 11.3 Å². The van der Waals surface area contributed by atoms with Gasteiger partial charge in [0.15, 0.2) is 0 Å². The number of aryl methyl sites for hydroxylation is 2. The Morgan fingerprint density at radius 3 is 2.40 bits per heavy atom. The van der Waals surface area contributed by atoms with Gasteiger partial charge in [-0.2, -0.15) is 0 Å². The van der Waals surface area contributed by atoms with Gasteiger partial charge in [0, 0.05) is 18.5 Å². The number of hydrogen-bond acceptors (Lipinski definition) is 2. The Kier molecular flexibility index (Phi) is 4.83. The SMILES string of the molecule is CCCCn1c(CCC)nc(-c2ccc(C)cc2)c1N.